The third-order valence-corrected chi connectivity index (χ3v) is 3.73. The van der Waals surface area contributed by atoms with Crippen LogP contribution in [0.15, 0.2) is 42.6 Å². The molecule has 1 rings (SSSR count). The van der Waals surface area contributed by atoms with Crippen molar-refractivity contribution in [2.45, 2.75) is 82.6 Å². The molecule has 0 radical (unpaired) electrons. The zero-order valence-electron chi connectivity index (χ0n) is 20.3. The molecule has 0 bridgehead atoms. The average molecular weight is 374 g/mol. The summed E-state index contributed by atoms with van der Waals surface area (Å²) in [5, 5.41) is 0. The van der Waals surface area contributed by atoms with E-state index in [1.807, 2.05) is 34.6 Å². The van der Waals surface area contributed by atoms with Crippen molar-refractivity contribution in [2.24, 2.45) is 0 Å². The Morgan fingerprint density at radius 2 is 1.52 bits per heavy atom. The molecular weight excluding hydrogens is 326 g/mol. The van der Waals surface area contributed by atoms with Crippen LogP contribution in [0.4, 0.5) is 0 Å². The van der Waals surface area contributed by atoms with E-state index in [0.29, 0.717) is 0 Å². The van der Waals surface area contributed by atoms with E-state index >= 15 is 0 Å². The Labute approximate surface area is 171 Å². The van der Waals surface area contributed by atoms with Gasteiger partial charge in [-0.1, -0.05) is 76.6 Å². The summed E-state index contributed by atoms with van der Waals surface area (Å²) in [4.78, 5) is 2.35. The highest BCUT2D eigenvalue weighted by Gasteiger charge is 2.05. The monoisotopic (exact) mass is 373 g/mol. The lowest BCUT2D eigenvalue weighted by atomic mass is 9.98. The summed E-state index contributed by atoms with van der Waals surface area (Å²) in [7, 11) is 0. The van der Waals surface area contributed by atoms with Gasteiger partial charge in [0.25, 0.3) is 0 Å². The molecule has 0 unspecified atom stereocenters. The minimum Gasteiger partial charge on any atom is -0.372 e. The molecule has 0 aromatic heterocycles. The van der Waals surface area contributed by atoms with Crippen molar-refractivity contribution in [3.63, 3.8) is 0 Å². The third kappa shape index (κ3) is 14.0. The Morgan fingerprint density at radius 3 is 1.93 bits per heavy atom. The van der Waals surface area contributed by atoms with Gasteiger partial charge >= 0.3 is 0 Å². The van der Waals surface area contributed by atoms with E-state index in [1.54, 1.807) is 6.08 Å². The average Bonchev–Trinajstić information content (AvgIpc) is 2.63. The van der Waals surface area contributed by atoms with Gasteiger partial charge in [0, 0.05) is 18.8 Å². The van der Waals surface area contributed by atoms with Gasteiger partial charge in [0.15, 0.2) is 0 Å². The molecule has 0 atom stereocenters. The molecule has 27 heavy (non-hydrogen) atoms. The lowest BCUT2D eigenvalue weighted by Crippen LogP contribution is -2.23. The van der Waals surface area contributed by atoms with Crippen molar-refractivity contribution in [1.82, 2.24) is 4.90 Å². The summed E-state index contributed by atoms with van der Waals surface area (Å²) in [6.07, 6.45) is 5.23. The van der Waals surface area contributed by atoms with Crippen molar-refractivity contribution in [2.75, 3.05) is 13.1 Å². The maximum Gasteiger partial charge on any atom is 0.0386 e. The van der Waals surface area contributed by atoms with Crippen LogP contribution in [0.2, 0.25) is 0 Å². The summed E-state index contributed by atoms with van der Waals surface area (Å²) in [6.45, 7) is 32.4. The summed E-state index contributed by atoms with van der Waals surface area (Å²) < 4.78 is 0. The van der Waals surface area contributed by atoms with E-state index in [4.69, 9.17) is 0 Å². The topological polar surface area (TPSA) is 3.24 Å². The van der Waals surface area contributed by atoms with Crippen LogP contribution in [-0.2, 0) is 0 Å². The zero-order valence-corrected chi connectivity index (χ0v) is 20.3. The predicted molar refractivity (Wildman–Crippen MR) is 130 cm³/mol. The normalized spacial score (nSPS) is 9.52. The molecule has 1 nitrogen and oxygen atoms in total. The van der Waals surface area contributed by atoms with E-state index in [-0.39, 0.29) is 0 Å². The van der Waals surface area contributed by atoms with Gasteiger partial charge in [-0.3, -0.25) is 0 Å². The molecular formula is C26H47N. The molecule has 0 spiro atoms. The van der Waals surface area contributed by atoms with Gasteiger partial charge in [0.1, 0.15) is 0 Å². The molecule has 0 aliphatic rings. The van der Waals surface area contributed by atoms with Crippen LogP contribution in [0.1, 0.15) is 84.1 Å². The highest BCUT2D eigenvalue weighted by atomic mass is 15.1. The van der Waals surface area contributed by atoms with Crippen LogP contribution in [0.3, 0.4) is 0 Å². The molecule has 0 heterocycles. The van der Waals surface area contributed by atoms with Gasteiger partial charge in [-0.15, -0.1) is 6.58 Å². The Balaban J connectivity index is -0.000000725. The zero-order chi connectivity index (χ0) is 22.0. The van der Waals surface area contributed by atoms with Crippen molar-refractivity contribution in [3.05, 3.63) is 64.9 Å². The van der Waals surface area contributed by atoms with Crippen LogP contribution in [0.25, 0.3) is 6.08 Å². The van der Waals surface area contributed by atoms with Gasteiger partial charge in [-0.2, -0.15) is 0 Å². The number of allylic oxidation sites excluding steroid dienone is 2. The molecule has 1 heteroatoms. The van der Waals surface area contributed by atoms with Gasteiger partial charge < -0.3 is 4.90 Å². The van der Waals surface area contributed by atoms with Crippen molar-refractivity contribution < 1.29 is 0 Å². The maximum atomic E-state index is 4.08. The second kappa shape index (κ2) is 19.0. The van der Waals surface area contributed by atoms with Crippen LogP contribution >= 0.6 is 0 Å². The smallest absolute Gasteiger partial charge is 0.0386 e. The Morgan fingerprint density at radius 1 is 1.04 bits per heavy atom. The van der Waals surface area contributed by atoms with Crippen LogP contribution in [-0.4, -0.2) is 18.0 Å². The first-order valence-electron chi connectivity index (χ1n) is 10.5. The van der Waals surface area contributed by atoms with E-state index in [9.17, 15) is 0 Å². The molecule has 0 saturated heterocycles. The number of hydrogen-bond donors (Lipinski definition) is 0. The first-order valence-corrected chi connectivity index (χ1v) is 10.5. The number of rotatable bonds is 6. The Hall–Kier alpha value is -1.76. The lowest BCUT2D eigenvalue weighted by Gasteiger charge is -2.24. The number of aryl methyl sites for hydroxylation is 2. The van der Waals surface area contributed by atoms with Crippen LogP contribution in [0, 0.1) is 20.8 Å². The Kier molecular flexibility index (Phi) is 21.1. The molecule has 0 aliphatic heterocycles. The standard InChI is InChI=1S/C19H29N.C3H6.2C2H6/c1-8-9-20(14(2)3)13-16(5)12-19-11-15(4)10-17(6)18(19)7;1-3-2;2*1-2/h10-12H,2,8-9,13H2,1,3-7H3;3H,1H2,2H3;2*1-2H3/b16-12+;;;. The molecule has 0 N–H and O–H groups in total. The van der Waals surface area contributed by atoms with Crippen LogP contribution in [0.5, 0.6) is 0 Å². The van der Waals surface area contributed by atoms with E-state index in [0.717, 1.165) is 25.2 Å². The lowest BCUT2D eigenvalue weighted by molar-refractivity contribution is 0.375. The summed E-state index contributed by atoms with van der Waals surface area (Å²) in [5.74, 6) is 0. The highest BCUT2D eigenvalue weighted by molar-refractivity contribution is 5.59. The van der Waals surface area contributed by atoms with Gasteiger partial charge in [-0.25, -0.2) is 0 Å². The molecule has 1 aromatic rings. The number of benzene rings is 1. The third-order valence-electron chi connectivity index (χ3n) is 3.73. The molecule has 0 amide bonds. The fourth-order valence-corrected chi connectivity index (χ4v) is 2.51. The molecule has 0 fully saturated rings. The van der Waals surface area contributed by atoms with Gasteiger partial charge in [0.2, 0.25) is 0 Å². The molecule has 156 valence electrons. The maximum absolute atomic E-state index is 4.08. The Bertz CT molecular complexity index is 550. The van der Waals surface area contributed by atoms with E-state index in [2.05, 4.69) is 77.8 Å². The number of nitrogens with zero attached hydrogens (tertiary/aromatic N) is 1. The quantitative estimate of drug-likeness (QED) is 0.452. The van der Waals surface area contributed by atoms with Gasteiger partial charge in [0.05, 0.1) is 0 Å². The van der Waals surface area contributed by atoms with E-state index < -0.39 is 0 Å². The fraction of sp³-hybridized carbons (Fsp3) is 0.538. The van der Waals surface area contributed by atoms with Crippen molar-refractivity contribution in [3.8, 4) is 0 Å². The molecule has 0 saturated carbocycles. The fourth-order valence-electron chi connectivity index (χ4n) is 2.51. The SMILES string of the molecule is C=C(C)N(CCC)C/C(C)=C/c1cc(C)cc(C)c1C.C=CC.CC.CC. The molecule has 0 aliphatic carbocycles. The van der Waals surface area contributed by atoms with Crippen molar-refractivity contribution >= 4 is 6.08 Å². The first-order chi connectivity index (χ1) is 12.8. The second-order valence-corrected chi connectivity index (χ2v) is 6.35. The minimum absolute atomic E-state index is 0.968. The predicted octanol–water partition coefficient (Wildman–Crippen LogP) is 8.51. The summed E-state index contributed by atoms with van der Waals surface area (Å²) in [5.41, 5.74) is 7.96. The van der Waals surface area contributed by atoms with Gasteiger partial charge in [-0.05, 0) is 64.7 Å². The largest absolute Gasteiger partial charge is 0.372 e. The molecule has 1 aromatic carbocycles. The minimum atomic E-state index is 0.968. The highest BCUT2D eigenvalue weighted by Crippen LogP contribution is 2.19. The number of hydrogen-bond acceptors (Lipinski definition) is 1. The first kappa shape index (κ1) is 30.0. The summed E-state index contributed by atoms with van der Waals surface area (Å²) in [6, 6.07) is 4.52. The van der Waals surface area contributed by atoms with E-state index in [1.165, 1.54) is 27.8 Å². The second-order valence-electron chi connectivity index (χ2n) is 6.35. The summed E-state index contributed by atoms with van der Waals surface area (Å²) >= 11 is 0. The van der Waals surface area contributed by atoms with Crippen LogP contribution < -0.4 is 0 Å². The van der Waals surface area contributed by atoms with Crippen molar-refractivity contribution in [1.29, 1.82) is 0 Å².